The van der Waals surface area contributed by atoms with Gasteiger partial charge in [0.25, 0.3) is 0 Å². The fourth-order valence-electron chi connectivity index (χ4n) is 1.61. The standard InChI is InChI=1S/C18H29NOSi/c1-18(2,3)21(4,5)20-15-14-16-10-7-6-8-12-17(19)13-9-11-16/h6-13H,14-15,19H2,1-5H3. The molecule has 0 spiro atoms. The summed E-state index contributed by atoms with van der Waals surface area (Å²) in [5.74, 6) is 0. The van der Waals surface area contributed by atoms with Crippen molar-refractivity contribution in [1.82, 2.24) is 0 Å². The molecule has 1 aromatic rings. The Kier molecular flexibility index (Phi) is 6.43. The van der Waals surface area contributed by atoms with Crippen LogP contribution in [0.4, 0.5) is 5.69 Å². The largest absolute Gasteiger partial charge is 0.416 e. The van der Waals surface area contributed by atoms with Gasteiger partial charge in [0.15, 0.2) is 8.32 Å². The topological polar surface area (TPSA) is 35.2 Å². The minimum Gasteiger partial charge on any atom is -0.416 e. The molecule has 0 fully saturated rings. The second-order valence-corrected chi connectivity index (χ2v) is 11.7. The van der Waals surface area contributed by atoms with Crippen molar-refractivity contribution in [1.29, 1.82) is 0 Å². The SMILES string of the molecule is CC(C)(C)[Si](C)(C)OCCc1cccccc(N)ccc1. The minimum absolute atomic E-state index is 0.259. The van der Waals surface area contributed by atoms with Gasteiger partial charge < -0.3 is 10.2 Å². The van der Waals surface area contributed by atoms with E-state index in [1.807, 2.05) is 36.4 Å². The summed E-state index contributed by atoms with van der Waals surface area (Å²) in [6.07, 6.45) is 0.921. The molecule has 3 heteroatoms. The highest BCUT2D eigenvalue weighted by molar-refractivity contribution is 6.74. The first kappa shape index (κ1) is 17.7. The molecule has 0 saturated carbocycles. The molecule has 2 nitrogen and oxygen atoms in total. The molecule has 0 aliphatic rings. The zero-order valence-electron chi connectivity index (χ0n) is 14.0. The van der Waals surface area contributed by atoms with Gasteiger partial charge in [-0.2, -0.15) is 0 Å². The van der Waals surface area contributed by atoms with Crippen LogP contribution >= 0.6 is 0 Å². The lowest BCUT2D eigenvalue weighted by atomic mass is 10.2. The summed E-state index contributed by atoms with van der Waals surface area (Å²) in [5, 5.41) is 0.259. The fraction of sp³-hybridized carbons (Fsp3) is 0.444. The average Bonchev–Trinajstić information content (AvgIpc) is 2.36. The van der Waals surface area contributed by atoms with Gasteiger partial charge in [0.1, 0.15) is 0 Å². The van der Waals surface area contributed by atoms with E-state index < -0.39 is 8.32 Å². The third-order valence-corrected chi connectivity index (χ3v) is 8.62. The number of nitrogen functional groups attached to an aromatic ring is 1. The van der Waals surface area contributed by atoms with E-state index in [0.717, 1.165) is 18.7 Å². The van der Waals surface area contributed by atoms with Gasteiger partial charge in [-0.1, -0.05) is 57.2 Å². The summed E-state index contributed by atoms with van der Waals surface area (Å²) >= 11 is 0. The van der Waals surface area contributed by atoms with E-state index in [2.05, 4.69) is 46.0 Å². The molecule has 0 aromatic heterocycles. The maximum absolute atomic E-state index is 6.23. The van der Waals surface area contributed by atoms with E-state index >= 15 is 0 Å². The summed E-state index contributed by atoms with van der Waals surface area (Å²) in [6, 6.07) is 16.0. The molecule has 0 heterocycles. The van der Waals surface area contributed by atoms with Crippen molar-refractivity contribution in [2.75, 3.05) is 12.3 Å². The molecule has 1 rings (SSSR count). The summed E-state index contributed by atoms with van der Waals surface area (Å²) < 4.78 is 6.23. The third kappa shape index (κ3) is 6.32. The zero-order valence-corrected chi connectivity index (χ0v) is 15.0. The Hall–Kier alpha value is -1.32. The lowest BCUT2D eigenvalue weighted by molar-refractivity contribution is 0.292. The number of anilines is 1. The van der Waals surface area contributed by atoms with Crippen molar-refractivity contribution in [2.45, 2.75) is 45.3 Å². The van der Waals surface area contributed by atoms with E-state index in [0.29, 0.717) is 0 Å². The van der Waals surface area contributed by atoms with Crippen LogP contribution < -0.4 is 5.73 Å². The van der Waals surface area contributed by atoms with Gasteiger partial charge >= 0.3 is 0 Å². The smallest absolute Gasteiger partial charge is 0.191 e. The first-order valence-corrected chi connectivity index (χ1v) is 10.4. The average molecular weight is 304 g/mol. The van der Waals surface area contributed by atoms with Crippen LogP contribution in [-0.2, 0) is 10.8 Å². The maximum atomic E-state index is 6.23. The highest BCUT2D eigenvalue weighted by atomic mass is 28.4. The Bertz CT molecular complexity index is 505. The molecule has 0 atom stereocenters. The van der Waals surface area contributed by atoms with Crippen molar-refractivity contribution in [3.63, 3.8) is 0 Å². The molecular formula is C18H29NOSi. The first-order valence-electron chi connectivity index (χ1n) is 7.54. The molecule has 2 N–H and O–H groups in total. The Balaban J connectivity index is 2.74. The van der Waals surface area contributed by atoms with Crippen LogP contribution in [0.1, 0.15) is 26.3 Å². The Labute approximate surface area is 130 Å². The van der Waals surface area contributed by atoms with Gasteiger partial charge in [0.05, 0.1) is 0 Å². The molecule has 0 bridgehead atoms. The Morgan fingerprint density at radius 3 is 2.19 bits per heavy atom. The predicted octanol–water partition coefficient (Wildman–Crippen LogP) is 4.96. The summed E-state index contributed by atoms with van der Waals surface area (Å²) in [4.78, 5) is 0. The van der Waals surface area contributed by atoms with Crippen molar-refractivity contribution in [2.24, 2.45) is 0 Å². The van der Waals surface area contributed by atoms with Gasteiger partial charge in [0, 0.05) is 12.3 Å². The summed E-state index contributed by atoms with van der Waals surface area (Å²) in [7, 11) is -1.65. The molecule has 0 aliphatic heterocycles. The molecule has 116 valence electrons. The molecule has 0 aliphatic carbocycles. The van der Waals surface area contributed by atoms with Gasteiger partial charge in [-0.05, 0) is 42.2 Å². The summed E-state index contributed by atoms with van der Waals surface area (Å²) in [6.45, 7) is 12.2. The second kappa shape index (κ2) is 7.62. The van der Waals surface area contributed by atoms with Gasteiger partial charge in [-0.3, -0.25) is 0 Å². The van der Waals surface area contributed by atoms with E-state index in [-0.39, 0.29) is 5.04 Å². The van der Waals surface area contributed by atoms with Crippen LogP contribution in [0.25, 0.3) is 0 Å². The predicted molar refractivity (Wildman–Crippen MR) is 95.3 cm³/mol. The minimum atomic E-state index is -1.65. The van der Waals surface area contributed by atoms with Gasteiger partial charge in [-0.15, -0.1) is 0 Å². The quantitative estimate of drug-likeness (QED) is 0.798. The van der Waals surface area contributed by atoms with E-state index in [1.54, 1.807) is 0 Å². The molecule has 21 heavy (non-hydrogen) atoms. The lowest BCUT2D eigenvalue weighted by Gasteiger charge is -2.36. The highest BCUT2D eigenvalue weighted by Crippen LogP contribution is 2.36. The van der Waals surface area contributed by atoms with E-state index in [9.17, 15) is 0 Å². The van der Waals surface area contributed by atoms with Crippen LogP contribution in [0.2, 0.25) is 18.1 Å². The van der Waals surface area contributed by atoms with Crippen molar-refractivity contribution in [3.8, 4) is 0 Å². The molecule has 0 radical (unpaired) electrons. The van der Waals surface area contributed by atoms with Crippen LogP contribution in [0.5, 0.6) is 0 Å². The van der Waals surface area contributed by atoms with E-state index in [1.165, 1.54) is 5.56 Å². The van der Waals surface area contributed by atoms with E-state index in [4.69, 9.17) is 10.2 Å². The first-order chi connectivity index (χ1) is 9.72. The maximum Gasteiger partial charge on any atom is 0.191 e. The molecule has 0 unspecified atom stereocenters. The fourth-order valence-corrected chi connectivity index (χ4v) is 2.66. The van der Waals surface area contributed by atoms with Gasteiger partial charge in [-0.25, -0.2) is 0 Å². The Morgan fingerprint density at radius 1 is 0.952 bits per heavy atom. The number of hydrogen-bond acceptors (Lipinski definition) is 2. The van der Waals surface area contributed by atoms with Crippen molar-refractivity contribution in [3.05, 3.63) is 54.1 Å². The van der Waals surface area contributed by atoms with Gasteiger partial charge in [0.2, 0.25) is 0 Å². The number of nitrogens with two attached hydrogens (primary N) is 1. The van der Waals surface area contributed by atoms with Crippen LogP contribution in [0.15, 0.2) is 48.5 Å². The highest BCUT2D eigenvalue weighted by Gasteiger charge is 2.36. The zero-order chi connectivity index (χ0) is 15.9. The Morgan fingerprint density at radius 2 is 1.52 bits per heavy atom. The third-order valence-electron chi connectivity index (χ3n) is 4.08. The normalized spacial score (nSPS) is 11.9. The molecular weight excluding hydrogens is 274 g/mol. The lowest BCUT2D eigenvalue weighted by Crippen LogP contribution is -2.41. The van der Waals surface area contributed by atoms with Crippen LogP contribution in [0, 0.1) is 0 Å². The molecule has 1 aromatic carbocycles. The number of hydrogen-bond donors (Lipinski definition) is 1. The second-order valence-electron chi connectivity index (χ2n) is 6.87. The van der Waals surface area contributed by atoms with Crippen LogP contribution in [0.3, 0.4) is 0 Å². The van der Waals surface area contributed by atoms with Crippen molar-refractivity contribution < 1.29 is 4.43 Å². The summed E-state index contributed by atoms with van der Waals surface area (Å²) in [5.41, 5.74) is 7.84. The molecule has 0 saturated heterocycles. The van der Waals surface area contributed by atoms with Crippen molar-refractivity contribution >= 4 is 14.0 Å². The molecule has 0 amide bonds. The monoisotopic (exact) mass is 303 g/mol. The number of rotatable bonds is 4. The van der Waals surface area contributed by atoms with Crippen LogP contribution in [-0.4, -0.2) is 14.9 Å².